The Bertz CT molecular complexity index is 1010. The number of hydrogen-bond acceptors (Lipinski definition) is 3. The number of ether oxygens (including phenoxy) is 1. The van der Waals surface area contributed by atoms with Crippen LogP contribution in [0.3, 0.4) is 0 Å². The van der Waals surface area contributed by atoms with Crippen molar-refractivity contribution >= 4 is 22.6 Å². The van der Waals surface area contributed by atoms with Crippen LogP contribution in [0.2, 0.25) is 5.02 Å². The van der Waals surface area contributed by atoms with E-state index in [1.165, 1.54) is 0 Å². The van der Waals surface area contributed by atoms with Crippen molar-refractivity contribution < 1.29 is 4.74 Å². The number of para-hydroxylation sites is 1. The Kier molecular flexibility index (Phi) is 3.67. The molecule has 0 saturated heterocycles. The molecule has 0 spiro atoms. The molecule has 4 aromatic rings. The predicted molar refractivity (Wildman–Crippen MR) is 95.9 cm³/mol. The first-order valence-electron chi connectivity index (χ1n) is 7.51. The molecule has 3 aromatic carbocycles. The van der Waals surface area contributed by atoms with Crippen LogP contribution in [0.25, 0.3) is 27.8 Å². The fourth-order valence-electron chi connectivity index (χ4n) is 2.72. The summed E-state index contributed by atoms with van der Waals surface area (Å²) in [5, 5.41) is 9.89. The van der Waals surface area contributed by atoms with Gasteiger partial charge in [-0.3, -0.25) is 0 Å². The summed E-state index contributed by atoms with van der Waals surface area (Å²) < 4.78 is 5.48. The Morgan fingerprint density at radius 1 is 0.875 bits per heavy atom. The zero-order valence-corrected chi connectivity index (χ0v) is 13.7. The SMILES string of the molecule is COc1cc(Cl)ccc1-c1cccc2nn(-c3ccccc3)nc12. The minimum absolute atomic E-state index is 0.635. The topological polar surface area (TPSA) is 39.9 Å². The van der Waals surface area contributed by atoms with Crippen molar-refractivity contribution in [3.05, 3.63) is 71.8 Å². The maximum atomic E-state index is 6.07. The summed E-state index contributed by atoms with van der Waals surface area (Å²) in [6.45, 7) is 0. The molecule has 1 aromatic heterocycles. The zero-order chi connectivity index (χ0) is 16.5. The lowest BCUT2D eigenvalue weighted by atomic mass is 10.0. The van der Waals surface area contributed by atoms with Gasteiger partial charge in [-0.1, -0.05) is 41.9 Å². The summed E-state index contributed by atoms with van der Waals surface area (Å²) in [6, 6.07) is 21.4. The van der Waals surface area contributed by atoms with E-state index in [0.29, 0.717) is 10.8 Å². The molecule has 0 aliphatic carbocycles. The number of benzene rings is 3. The average molecular weight is 336 g/mol. The van der Waals surface area contributed by atoms with Crippen molar-refractivity contribution in [1.29, 1.82) is 0 Å². The van der Waals surface area contributed by atoms with E-state index in [1.807, 2.05) is 60.7 Å². The molecule has 0 unspecified atom stereocenters. The normalized spacial score (nSPS) is 10.9. The summed E-state index contributed by atoms with van der Waals surface area (Å²) in [4.78, 5) is 1.65. The van der Waals surface area contributed by atoms with Gasteiger partial charge in [0.1, 0.15) is 16.8 Å². The molecule has 1 heterocycles. The van der Waals surface area contributed by atoms with Crippen LogP contribution >= 0.6 is 11.6 Å². The van der Waals surface area contributed by atoms with E-state index in [-0.39, 0.29) is 0 Å². The van der Waals surface area contributed by atoms with E-state index in [4.69, 9.17) is 16.3 Å². The van der Waals surface area contributed by atoms with E-state index in [2.05, 4.69) is 10.2 Å². The molecule has 0 aliphatic rings. The van der Waals surface area contributed by atoms with E-state index in [1.54, 1.807) is 18.0 Å². The van der Waals surface area contributed by atoms with Crippen LogP contribution in [0.15, 0.2) is 66.7 Å². The Morgan fingerprint density at radius 3 is 2.50 bits per heavy atom. The quantitative estimate of drug-likeness (QED) is 0.542. The van der Waals surface area contributed by atoms with Gasteiger partial charge < -0.3 is 4.74 Å². The van der Waals surface area contributed by atoms with Gasteiger partial charge in [0.05, 0.1) is 12.8 Å². The van der Waals surface area contributed by atoms with Crippen LogP contribution in [-0.4, -0.2) is 22.1 Å². The third-order valence-electron chi connectivity index (χ3n) is 3.85. The molecule has 0 fully saturated rings. The van der Waals surface area contributed by atoms with Gasteiger partial charge in [-0.05, 0) is 36.4 Å². The van der Waals surface area contributed by atoms with E-state index in [0.717, 1.165) is 27.8 Å². The van der Waals surface area contributed by atoms with Crippen LogP contribution in [0.4, 0.5) is 0 Å². The Labute approximate surface area is 144 Å². The molecule has 5 heteroatoms. The summed E-state index contributed by atoms with van der Waals surface area (Å²) in [5.41, 5.74) is 4.47. The maximum Gasteiger partial charge on any atom is 0.128 e. The molecule has 4 nitrogen and oxygen atoms in total. The lowest BCUT2D eigenvalue weighted by Crippen LogP contribution is -1.97. The fraction of sp³-hybridized carbons (Fsp3) is 0.0526. The van der Waals surface area contributed by atoms with Gasteiger partial charge in [0, 0.05) is 16.1 Å². The van der Waals surface area contributed by atoms with Crippen molar-refractivity contribution in [2.24, 2.45) is 0 Å². The number of nitrogens with zero attached hydrogens (tertiary/aromatic N) is 3. The summed E-state index contributed by atoms with van der Waals surface area (Å²) in [7, 11) is 1.64. The lowest BCUT2D eigenvalue weighted by Gasteiger charge is -2.09. The fourth-order valence-corrected chi connectivity index (χ4v) is 2.88. The molecular formula is C19H14ClN3O. The molecule has 0 atom stereocenters. The average Bonchev–Trinajstić information content (AvgIpc) is 3.07. The highest BCUT2D eigenvalue weighted by Crippen LogP contribution is 2.35. The maximum absolute atomic E-state index is 6.07. The number of rotatable bonds is 3. The third kappa shape index (κ3) is 2.51. The standard InChI is InChI=1S/C19H14ClN3O/c1-24-18-12-13(20)10-11-15(18)16-8-5-9-17-19(16)22-23(21-17)14-6-3-2-4-7-14/h2-12H,1H3. The summed E-state index contributed by atoms with van der Waals surface area (Å²) in [5.74, 6) is 0.712. The van der Waals surface area contributed by atoms with Gasteiger partial charge in [0.25, 0.3) is 0 Å². The Balaban J connectivity index is 1.93. The number of hydrogen-bond donors (Lipinski definition) is 0. The molecule has 118 valence electrons. The molecule has 0 N–H and O–H groups in total. The van der Waals surface area contributed by atoms with Crippen molar-refractivity contribution in [2.75, 3.05) is 7.11 Å². The van der Waals surface area contributed by atoms with Crippen LogP contribution in [-0.2, 0) is 0 Å². The largest absolute Gasteiger partial charge is 0.496 e. The monoisotopic (exact) mass is 335 g/mol. The van der Waals surface area contributed by atoms with Gasteiger partial charge in [0.15, 0.2) is 0 Å². The molecule has 0 radical (unpaired) electrons. The second-order valence-electron chi connectivity index (χ2n) is 5.34. The van der Waals surface area contributed by atoms with Crippen LogP contribution in [0.5, 0.6) is 5.75 Å². The van der Waals surface area contributed by atoms with Crippen molar-refractivity contribution in [3.8, 4) is 22.6 Å². The molecule has 0 bridgehead atoms. The highest BCUT2D eigenvalue weighted by atomic mass is 35.5. The van der Waals surface area contributed by atoms with Gasteiger partial charge >= 0.3 is 0 Å². The Morgan fingerprint density at radius 2 is 1.71 bits per heavy atom. The zero-order valence-electron chi connectivity index (χ0n) is 13.0. The number of aromatic nitrogens is 3. The van der Waals surface area contributed by atoms with E-state index < -0.39 is 0 Å². The first-order chi connectivity index (χ1) is 11.8. The van der Waals surface area contributed by atoms with Gasteiger partial charge in [-0.15, -0.1) is 10.2 Å². The first kappa shape index (κ1) is 14.7. The molecule has 24 heavy (non-hydrogen) atoms. The third-order valence-corrected chi connectivity index (χ3v) is 4.09. The Hall–Kier alpha value is -2.85. The highest BCUT2D eigenvalue weighted by Gasteiger charge is 2.14. The number of halogens is 1. The second kappa shape index (κ2) is 5.98. The summed E-state index contributed by atoms with van der Waals surface area (Å²) >= 11 is 6.07. The number of fused-ring (bicyclic) bond motifs is 1. The van der Waals surface area contributed by atoms with Crippen molar-refractivity contribution in [1.82, 2.24) is 15.0 Å². The minimum atomic E-state index is 0.635. The lowest BCUT2D eigenvalue weighted by molar-refractivity contribution is 0.416. The molecule has 0 aliphatic heterocycles. The van der Waals surface area contributed by atoms with Gasteiger partial charge in [-0.2, -0.15) is 4.80 Å². The molecule has 0 amide bonds. The second-order valence-corrected chi connectivity index (χ2v) is 5.78. The van der Waals surface area contributed by atoms with Crippen molar-refractivity contribution in [2.45, 2.75) is 0 Å². The van der Waals surface area contributed by atoms with Gasteiger partial charge in [-0.25, -0.2) is 0 Å². The minimum Gasteiger partial charge on any atom is -0.496 e. The summed E-state index contributed by atoms with van der Waals surface area (Å²) in [6.07, 6.45) is 0. The van der Waals surface area contributed by atoms with Crippen LogP contribution in [0.1, 0.15) is 0 Å². The van der Waals surface area contributed by atoms with E-state index in [9.17, 15) is 0 Å². The number of methoxy groups -OCH3 is 1. The molecular weight excluding hydrogens is 322 g/mol. The van der Waals surface area contributed by atoms with Gasteiger partial charge in [0.2, 0.25) is 0 Å². The smallest absolute Gasteiger partial charge is 0.128 e. The predicted octanol–water partition coefficient (Wildman–Crippen LogP) is 4.75. The van der Waals surface area contributed by atoms with Crippen LogP contribution < -0.4 is 4.74 Å². The van der Waals surface area contributed by atoms with E-state index >= 15 is 0 Å². The van der Waals surface area contributed by atoms with Crippen molar-refractivity contribution in [3.63, 3.8) is 0 Å². The first-order valence-corrected chi connectivity index (χ1v) is 7.89. The molecule has 0 saturated carbocycles. The molecule has 4 rings (SSSR count). The highest BCUT2D eigenvalue weighted by molar-refractivity contribution is 6.30. The van der Waals surface area contributed by atoms with Crippen LogP contribution in [0, 0.1) is 0 Å².